The normalized spacial score (nSPS) is 10.1. The molecule has 136 valence electrons. The predicted molar refractivity (Wildman–Crippen MR) is 98.7 cm³/mol. The fourth-order valence-electron chi connectivity index (χ4n) is 2.34. The Bertz CT molecular complexity index is 711. The van der Waals surface area contributed by atoms with E-state index in [0.29, 0.717) is 30.0 Å². The molecular weight excluding hydrogens is 342 g/mol. The Labute approximate surface area is 154 Å². The van der Waals surface area contributed by atoms with Crippen LogP contribution in [0.15, 0.2) is 41.0 Å². The largest absolute Gasteiger partial charge is 0.467 e. The van der Waals surface area contributed by atoms with Gasteiger partial charge in [0.05, 0.1) is 12.1 Å². The topological polar surface area (TPSA) is 79.8 Å². The standard InChI is InChI=1S/C18H23N3O3.ClH/c1-4-21(18(23)15-9-16(10-19)24-12-15)11-13-5-7-14(8-6-13)17(22)20(2)3;/h5-9,12H,4,10-11,19H2,1-3H3;1H. The Morgan fingerprint density at radius 2 is 1.72 bits per heavy atom. The fraction of sp³-hybridized carbons (Fsp3) is 0.333. The molecule has 1 aromatic heterocycles. The molecule has 0 fully saturated rings. The third kappa shape index (κ3) is 5.08. The summed E-state index contributed by atoms with van der Waals surface area (Å²) < 4.78 is 5.23. The molecule has 2 N–H and O–H groups in total. The highest BCUT2D eigenvalue weighted by Gasteiger charge is 2.17. The molecule has 0 saturated carbocycles. The number of amides is 2. The van der Waals surface area contributed by atoms with Gasteiger partial charge in [-0.05, 0) is 30.7 Å². The van der Waals surface area contributed by atoms with Crippen molar-refractivity contribution in [1.82, 2.24) is 9.80 Å². The molecule has 2 aromatic rings. The monoisotopic (exact) mass is 365 g/mol. The molecule has 0 unspecified atom stereocenters. The highest BCUT2D eigenvalue weighted by atomic mass is 35.5. The van der Waals surface area contributed by atoms with Crippen LogP contribution < -0.4 is 5.73 Å². The molecule has 0 saturated heterocycles. The minimum absolute atomic E-state index is 0. The van der Waals surface area contributed by atoms with E-state index in [0.717, 1.165) is 5.56 Å². The molecule has 2 rings (SSSR count). The SMILES string of the molecule is CCN(Cc1ccc(C(=O)N(C)C)cc1)C(=O)c1coc(CN)c1.Cl. The van der Waals surface area contributed by atoms with Gasteiger partial charge in [-0.3, -0.25) is 9.59 Å². The summed E-state index contributed by atoms with van der Waals surface area (Å²) in [5, 5.41) is 0. The summed E-state index contributed by atoms with van der Waals surface area (Å²) in [5.41, 5.74) is 7.59. The molecule has 6 nitrogen and oxygen atoms in total. The summed E-state index contributed by atoms with van der Waals surface area (Å²) in [6, 6.07) is 8.96. The Balaban J connectivity index is 0.00000312. The van der Waals surface area contributed by atoms with Crippen molar-refractivity contribution in [3.8, 4) is 0 Å². The van der Waals surface area contributed by atoms with E-state index in [4.69, 9.17) is 10.2 Å². The fourth-order valence-corrected chi connectivity index (χ4v) is 2.34. The first-order chi connectivity index (χ1) is 11.5. The van der Waals surface area contributed by atoms with Crippen molar-refractivity contribution < 1.29 is 14.0 Å². The summed E-state index contributed by atoms with van der Waals surface area (Å²) in [6.07, 6.45) is 1.44. The van der Waals surface area contributed by atoms with Gasteiger partial charge in [-0.25, -0.2) is 0 Å². The van der Waals surface area contributed by atoms with E-state index >= 15 is 0 Å². The Morgan fingerprint density at radius 3 is 2.20 bits per heavy atom. The van der Waals surface area contributed by atoms with Gasteiger partial charge in [0, 0.05) is 32.7 Å². The van der Waals surface area contributed by atoms with Gasteiger partial charge in [0.15, 0.2) is 0 Å². The number of nitrogens with two attached hydrogens (primary N) is 1. The van der Waals surface area contributed by atoms with Crippen molar-refractivity contribution in [3.05, 3.63) is 59.0 Å². The van der Waals surface area contributed by atoms with E-state index in [2.05, 4.69) is 0 Å². The van der Waals surface area contributed by atoms with Crippen molar-refractivity contribution in [2.24, 2.45) is 5.73 Å². The molecule has 0 bridgehead atoms. The lowest BCUT2D eigenvalue weighted by atomic mass is 10.1. The van der Waals surface area contributed by atoms with Gasteiger partial charge in [0.2, 0.25) is 0 Å². The molecular formula is C18H24ClN3O3. The summed E-state index contributed by atoms with van der Waals surface area (Å²) in [6.45, 7) is 3.22. The molecule has 0 aliphatic carbocycles. The van der Waals surface area contributed by atoms with Gasteiger partial charge >= 0.3 is 0 Å². The van der Waals surface area contributed by atoms with Crippen LogP contribution in [0.25, 0.3) is 0 Å². The maximum Gasteiger partial charge on any atom is 0.257 e. The zero-order chi connectivity index (χ0) is 17.7. The Kier molecular flexibility index (Phi) is 7.67. The van der Waals surface area contributed by atoms with Gasteiger partial charge < -0.3 is 20.0 Å². The zero-order valence-corrected chi connectivity index (χ0v) is 15.5. The summed E-state index contributed by atoms with van der Waals surface area (Å²) in [7, 11) is 3.43. The van der Waals surface area contributed by atoms with Gasteiger partial charge in [-0.2, -0.15) is 0 Å². The van der Waals surface area contributed by atoms with Crippen LogP contribution >= 0.6 is 12.4 Å². The Morgan fingerprint density at radius 1 is 1.08 bits per heavy atom. The first-order valence-electron chi connectivity index (χ1n) is 7.83. The van der Waals surface area contributed by atoms with Gasteiger partial charge in [-0.15, -0.1) is 12.4 Å². The minimum Gasteiger partial charge on any atom is -0.467 e. The number of furan rings is 1. The second kappa shape index (κ2) is 9.25. The van der Waals surface area contributed by atoms with Crippen molar-refractivity contribution in [2.45, 2.75) is 20.0 Å². The van der Waals surface area contributed by atoms with Crippen LogP contribution in [0.5, 0.6) is 0 Å². The summed E-state index contributed by atoms with van der Waals surface area (Å²) >= 11 is 0. The lowest BCUT2D eigenvalue weighted by Crippen LogP contribution is -2.30. The number of hydrogen-bond donors (Lipinski definition) is 1. The van der Waals surface area contributed by atoms with Crippen molar-refractivity contribution in [1.29, 1.82) is 0 Å². The molecule has 7 heteroatoms. The molecule has 2 amide bonds. The molecule has 25 heavy (non-hydrogen) atoms. The molecule has 0 radical (unpaired) electrons. The molecule has 1 heterocycles. The molecule has 0 aliphatic rings. The minimum atomic E-state index is -0.102. The lowest BCUT2D eigenvalue weighted by molar-refractivity contribution is 0.0750. The van der Waals surface area contributed by atoms with Crippen LogP contribution in [0, 0.1) is 0 Å². The highest BCUT2D eigenvalue weighted by Crippen LogP contribution is 2.14. The maximum atomic E-state index is 12.5. The lowest BCUT2D eigenvalue weighted by Gasteiger charge is -2.20. The quantitative estimate of drug-likeness (QED) is 0.853. The van der Waals surface area contributed by atoms with Crippen LogP contribution in [-0.2, 0) is 13.1 Å². The number of carbonyl (C=O) groups is 2. The summed E-state index contributed by atoms with van der Waals surface area (Å²) in [4.78, 5) is 27.7. The van der Waals surface area contributed by atoms with Crippen LogP contribution in [-0.4, -0.2) is 42.3 Å². The van der Waals surface area contributed by atoms with Gasteiger partial charge in [0.25, 0.3) is 11.8 Å². The van der Waals surface area contributed by atoms with Crippen molar-refractivity contribution >= 4 is 24.2 Å². The van der Waals surface area contributed by atoms with E-state index in [-0.39, 0.29) is 30.8 Å². The van der Waals surface area contributed by atoms with Crippen molar-refractivity contribution in [3.63, 3.8) is 0 Å². The highest BCUT2D eigenvalue weighted by molar-refractivity contribution is 5.94. The third-order valence-corrected chi connectivity index (χ3v) is 3.75. The molecule has 0 aliphatic heterocycles. The predicted octanol–water partition coefficient (Wildman–Crippen LogP) is 2.52. The smallest absolute Gasteiger partial charge is 0.257 e. The number of benzene rings is 1. The van der Waals surface area contributed by atoms with Gasteiger partial charge in [0.1, 0.15) is 12.0 Å². The Hall–Kier alpha value is -2.31. The number of nitrogens with zero attached hydrogens (tertiary/aromatic N) is 2. The second-order valence-electron chi connectivity index (χ2n) is 5.72. The number of halogens is 1. The van der Waals surface area contributed by atoms with E-state index in [1.807, 2.05) is 19.1 Å². The number of carbonyl (C=O) groups excluding carboxylic acids is 2. The van der Waals surface area contributed by atoms with Crippen LogP contribution in [0.1, 0.15) is 39.0 Å². The average Bonchev–Trinajstić information content (AvgIpc) is 3.08. The van der Waals surface area contributed by atoms with E-state index in [1.165, 1.54) is 11.2 Å². The van der Waals surface area contributed by atoms with Crippen LogP contribution in [0.2, 0.25) is 0 Å². The molecule has 1 aromatic carbocycles. The zero-order valence-electron chi connectivity index (χ0n) is 14.7. The maximum absolute atomic E-state index is 12.5. The van der Waals surface area contributed by atoms with Crippen molar-refractivity contribution in [2.75, 3.05) is 20.6 Å². The third-order valence-electron chi connectivity index (χ3n) is 3.75. The second-order valence-corrected chi connectivity index (χ2v) is 5.72. The first kappa shape index (κ1) is 20.7. The number of rotatable bonds is 6. The van der Waals surface area contributed by atoms with E-state index in [1.54, 1.807) is 37.2 Å². The van der Waals surface area contributed by atoms with E-state index in [9.17, 15) is 9.59 Å². The molecule has 0 atom stereocenters. The summed E-state index contributed by atoms with van der Waals surface area (Å²) in [5.74, 6) is 0.438. The number of hydrogen-bond acceptors (Lipinski definition) is 4. The van der Waals surface area contributed by atoms with Crippen LogP contribution in [0.4, 0.5) is 0 Å². The van der Waals surface area contributed by atoms with Gasteiger partial charge in [-0.1, -0.05) is 12.1 Å². The van der Waals surface area contributed by atoms with Crippen LogP contribution in [0.3, 0.4) is 0 Å². The molecule has 0 spiro atoms. The van der Waals surface area contributed by atoms with E-state index < -0.39 is 0 Å². The first-order valence-corrected chi connectivity index (χ1v) is 7.83. The average molecular weight is 366 g/mol.